The van der Waals surface area contributed by atoms with Crippen molar-refractivity contribution in [3.63, 3.8) is 0 Å². The molecule has 0 aliphatic carbocycles. The van der Waals surface area contributed by atoms with Crippen LogP contribution in [0.5, 0.6) is 0 Å². The van der Waals surface area contributed by atoms with Gasteiger partial charge in [-0.05, 0) is 30.4 Å². The van der Waals surface area contributed by atoms with Gasteiger partial charge in [0.1, 0.15) is 0 Å². The van der Waals surface area contributed by atoms with Crippen LogP contribution in [0.15, 0.2) is 24.3 Å². The topological polar surface area (TPSA) is 29.5 Å². The van der Waals surface area contributed by atoms with Crippen LogP contribution in [0.4, 0.5) is 0 Å². The molecule has 1 fully saturated rings. The summed E-state index contributed by atoms with van der Waals surface area (Å²) in [6.45, 7) is 3.36. The first-order valence-corrected chi connectivity index (χ1v) is 6.29. The summed E-state index contributed by atoms with van der Waals surface area (Å²) >= 11 is 0. The summed E-state index contributed by atoms with van der Waals surface area (Å²) < 4.78 is 5.35. The number of nitrogens with zero attached hydrogens (tertiary/aromatic N) is 1. The van der Waals surface area contributed by atoms with Gasteiger partial charge in [-0.25, -0.2) is 0 Å². The Morgan fingerprint density at radius 1 is 1.24 bits per heavy atom. The first-order chi connectivity index (χ1) is 8.34. The number of carbonyl (C=O) groups excluding carboxylic acids is 1. The zero-order chi connectivity index (χ0) is 11.7. The summed E-state index contributed by atoms with van der Waals surface area (Å²) in [7, 11) is 0. The van der Waals surface area contributed by atoms with Crippen molar-refractivity contribution in [3.8, 4) is 0 Å². The molecule has 3 rings (SSSR count). The Hall–Kier alpha value is -1.35. The normalized spacial score (nSPS) is 20.7. The number of hydrogen-bond donors (Lipinski definition) is 0. The molecule has 0 saturated carbocycles. The van der Waals surface area contributed by atoms with Crippen molar-refractivity contribution in [3.05, 3.63) is 35.4 Å². The summed E-state index contributed by atoms with van der Waals surface area (Å²) in [4.78, 5) is 14.2. The minimum Gasteiger partial charge on any atom is -0.381 e. The van der Waals surface area contributed by atoms with Gasteiger partial charge in [-0.15, -0.1) is 0 Å². The number of hydrogen-bond acceptors (Lipinski definition) is 2. The lowest BCUT2D eigenvalue weighted by Gasteiger charge is -2.26. The van der Waals surface area contributed by atoms with E-state index in [4.69, 9.17) is 4.74 Å². The maximum Gasteiger partial charge on any atom is 0.254 e. The largest absolute Gasteiger partial charge is 0.381 e. The zero-order valence-electron chi connectivity index (χ0n) is 9.89. The zero-order valence-corrected chi connectivity index (χ0v) is 9.89. The fraction of sp³-hybridized carbons (Fsp3) is 0.500. The molecule has 2 heterocycles. The highest BCUT2D eigenvalue weighted by Crippen LogP contribution is 2.25. The van der Waals surface area contributed by atoms with Gasteiger partial charge < -0.3 is 9.64 Å². The quantitative estimate of drug-likeness (QED) is 0.779. The van der Waals surface area contributed by atoms with Crippen LogP contribution in [0, 0.1) is 5.92 Å². The summed E-state index contributed by atoms with van der Waals surface area (Å²) in [5.41, 5.74) is 2.06. The van der Waals surface area contributed by atoms with E-state index >= 15 is 0 Å². The number of rotatable bonds is 2. The van der Waals surface area contributed by atoms with Gasteiger partial charge in [-0.1, -0.05) is 18.2 Å². The van der Waals surface area contributed by atoms with Gasteiger partial charge >= 0.3 is 0 Å². The van der Waals surface area contributed by atoms with Crippen molar-refractivity contribution in [2.75, 3.05) is 19.8 Å². The molecule has 0 radical (unpaired) electrons. The minimum atomic E-state index is 0.201. The summed E-state index contributed by atoms with van der Waals surface area (Å²) in [5.74, 6) is 0.814. The maximum absolute atomic E-state index is 12.2. The van der Waals surface area contributed by atoms with Gasteiger partial charge in [0.15, 0.2) is 0 Å². The van der Waals surface area contributed by atoms with E-state index in [1.54, 1.807) is 0 Å². The Labute approximate surface area is 101 Å². The minimum absolute atomic E-state index is 0.201. The van der Waals surface area contributed by atoms with Crippen molar-refractivity contribution < 1.29 is 9.53 Å². The van der Waals surface area contributed by atoms with Gasteiger partial charge in [0.25, 0.3) is 5.91 Å². The molecule has 1 amide bonds. The molecule has 0 spiro atoms. The molecule has 1 aromatic rings. The van der Waals surface area contributed by atoms with Gasteiger partial charge in [0, 0.05) is 31.9 Å². The summed E-state index contributed by atoms with van der Waals surface area (Å²) in [6, 6.07) is 7.93. The molecule has 3 heteroatoms. The number of ether oxygens (including phenoxy) is 1. The van der Waals surface area contributed by atoms with Crippen LogP contribution in [-0.4, -0.2) is 30.6 Å². The molecule has 17 heavy (non-hydrogen) atoms. The first-order valence-electron chi connectivity index (χ1n) is 6.29. The fourth-order valence-electron chi connectivity index (χ4n) is 2.70. The van der Waals surface area contributed by atoms with Crippen LogP contribution < -0.4 is 0 Å². The third-order valence-electron chi connectivity index (χ3n) is 3.72. The fourth-order valence-corrected chi connectivity index (χ4v) is 2.70. The summed E-state index contributed by atoms with van der Waals surface area (Å²) in [6.07, 6.45) is 2.17. The predicted octanol–water partition coefficient (Wildman–Crippen LogP) is 2.07. The molecule has 3 nitrogen and oxygen atoms in total. The van der Waals surface area contributed by atoms with Crippen molar-refractivity contribution >= 4 is 5.91 Å². The Morgan fingerprint density at radius 2 is 2.00 bits per heavy atom. The maximum atomic E-state index is 12.2. The second-order valence-electron chi connectivity index (χ2n) is 4.90. The van der Waals surface area contributed by atoms with E-state index in [2.05, 4.69) is 6.07 Å². The Bertz CT molecular complexity index is 424. The molecule has 0 aromatic heterocycles. The molecule has 0 bridgehead atoms. The highest BCUT2D eigenvalue weighted by atomic mass is 16.5. The lowest BCUT2D eigenvalue weighted by Crippen LogP contribution is -2.32. The number of benzene rings is 1. The molecule has 2 aliphatic rings. The van der Waals surface area contributed by atoms with Crippen molar-refractivity contribution in [2.24, 2.45) is 5.92 Å². The van der Waals surface area contributed by atoms with Gasteiger partial charge in [-0.2, -0.15) is 0 Å². The Balaban J connectivity index is 1.69. The molecule has 0 unspecified atom stereocenters. The monoisotopic (exact) mass is 231 g/mol. The number of carbonyl (C=O) groups is 1. The van der Waals surface area contributed by atoms with E-state index in [-0.39, 0.29) is 5.91 Å². The molecule has 0 N–H and O–H groups in total. The SMILES string of the molecule is O=C1c2ccccc2CN1CC1CCOCC1. The van der Waals surface area contributed by atoms with Crippen molar-refractivity contribution in [1.29, 1.82) is 0 Å². The van der Waals surface area contributed by atoms with E-state index < -0.39 is 0 Å². The molecule has 2 aliphatic heterocycles. The lowest BCUT2D eigenvalue weighted by atomic mass is 10.00. The van der Waals surface area contributed by atoms with E-state index in [1.807, 2.05) is 23.1 Å². The highest BCUT2D eigenvalue weighted by Gasteiger charge is 2.29. The lowest BCUT2D eigenvalue weighted by molar-refractivity contribution is 0.0469. The highest BCUT2D eigenvalue weighted by molar-refractivity contribution is 5.98. The Morgan fingerprint density at radius 3 is 2.76 bits per heavy atom. The molecule has 90 valence electrons. The third-order valence-corrected chi connectivity index (χ3v) is 3.72. The van der Waals surface area contributed by atoms with Crippen LogP contribution >= 0.6 is 0 Å². The van der Waals surface area contributed by atoms with E-state index in [0.717, 1.165) is 44.7 Å². The van der Waals surface area contributed by atoms with Crippen molar-refractivity contribution in [1.82, 2.24) is 4.90 Å². The van der Waals surface area contributed by atoms with Crippen LogP contribution in [0.3, 0.4) is 0 Å². The summed E-state index contributed by atoms with van der Waals surface area (Å²) in [5, 5.41) is 0. The standard InChI is InChI=1S/C14H17NO2/c16-14-13-4-2-1-3-12(13)10-15(14)9-11-5-7-17-8-6-11/h1-4,11H,5-10H2. The second-order valence-corrected chi connectivity index (χ2v) is 4.90. The van der Waals surface area contributed by atoms with Gasteiger partial charge in [-0.3, -0.25) is 4.79 Å². The smallest absolute Gasteiger partial charge is 0.254 e. The Kier molecular flexibility index (Phi) is 2.85. The van der Waals surface area contributed by atoms with Gasteiger partial charge in [0.2, 0.25) is 0 Å². The average Bonchev–Trinajstić information content (AvgIpc) is 2.68. The average molecular weight is 231 g/mol. The second kappa shape index (κ2) is 4.49. The molecular weight excluding hydrogens is 214 g/mol. The van der Waals surface area contributed by atoms with Crippen LogP contribution in [0.2, 0.25) is 0 Å². The van der Waals surface area contributed by atoms with Crippen LogP contribution in [0.1, 0.15) is 28.8 Å². The predicted molar refractivity (Wildman–Crippen MR) is 64.7 cm³/mol. The number of fused-ring (bicyclic) bond motifs is 1. The van der Waals surface area contributed by atoms with Crippen molar-refractivity contribution in [2.45, 2.75) is 19.4 Å². The molecule has 0 atom stereocenters. The molecule has 1 aromatic carbocycles. The van der Waals surface area contributed by atoms with E-state index in [1.165, 1.54) is 5.56 Å². The first kappa shape index (κ1) is 10.8. The van der Waals surface area contributed by atoms with Gasteiger partial charge in [0.05, 0.1) is 0 Å². The number of amides is 1. The van der Waals surface area contributed by atoms with E-state index in [0.29, 0.717) is 5.92 Å². The van der Waals surface area contributed by atoms with Crippen LogP contribution in [-0.2, 0) is 11.3 Å². The van der Waals surface area contributed by atoms with Crippen LogP contribution in [0.25, 0.3) is 0 Å². The third kappa shape index (κ3) is 2.07. The van der Waals surface area contributed by atoms with E-state index in [9.17, 15) is 4.79 Å². The molecular formula is C14H17NO2. The molecule has 1 saturated heterocycles.